The number of benzene rings is 8. The Hall–Kier alpha value is -4.82. The third-order valence-electron chi connectivity index (χ3n) is 11.9. The Morgan fingerprint density at radius 2 is 0.717 bits per heavy atom. The molecule has 0 bridgehead atoms. The maximum atomic E-state index is 9.22. The van der Waals surface area contributed by atoms with E-state index in [9.17, 15) is 10.0 Å². The molecule has 2 aliphatic carbocycles. The predicted molar refractivity (Wildman–Crippen MR) is 264 cm³/mol. The van der Waals surface area contributed by atoms with E-state index < -0.39 is 7.12 Å². The lowest BCUT2D eigenvalue weighted by molar-refractivity contribution is 0.426. The monoisotopic (exact) mass is 972 g/mol. The van der Waals surface area contributed by atoms with E-state index in [1.807, 2.05) is 42.5 Å². The number of rotatable bonds is 4. The van der Waals surface area contributed by atoms with E-state index in [1.54, 1.807) is 12.1 Å². The Bertz CT molecular complexity index is 2780. The van der Waals surface area contributed by atoms with Gasteiger partial charge >= 0.3 is 7.12 Å². The fraction of sp³-hybridized carbons (Fsp3) is 0.111. The second kappa shape index (κ2) is 17.3. The van der Waals surface area contributed by atoms with E-state index in [0.29, 0.717) is 5.46 Å². The second-order valence-electron chi connectivity index (χ2n) is 16.3. The lowest BCUT2D eigenvalue weighted by Gasteiger charge is -2.22. The zero-order valence-electron chi connectivity index (χ0n) is 33.9. The van der Waals surface area contributed by atoms with Crippen molar-refractivity contribution in [1.29, 1.82) is 0 Å². The van der Waals surface area contributed by atoms with Gasteiger partial charge in [-0.05, 0) is 126 Å². The summed E-state index contributed by atoms with van der Waals surface area (Å²) in [6.45, 7) is 9.25. The van der Waals surface area contributed by atoms with Gasteiger partial charge in [-0.2, -0.15) is 0 Å². The molecule has 0 aliphatic heterocycles. The van der Waals surface area contributed by atoms with Gasteiger partial charge in [-0.15, -0.1) is 0 Å². The predicted octanol–water partition coefficient (Wildman–Crippen LogP) is 14.6. The van der Waals surface area contributed by atoms with Gasteiger partial charge in [0.1, 0.15) is 0 Å². The van der Waals surface area contributed by atoms with Crippen molar-refractivity contribution in [2.45, 2.75) is 38.5 Å². The van der Waals surface area contributed by atoms with Gasteiger partial charge in [0.15, 0.2) is 0 Å². The molecule has 0 spiro atoms. The maximum Gasteiger partial charge on any atom is 0.489 e. The van der Waals surface area contributed by atoms with Crippen molar-refractivity contribution < 1.29 is 10.0 Å². The summed E-state index contributed by atoms with van der Waals surface area (Å²) in [4.78, 5) is 0. The summed E-state index contributed by atoms with van der Waals surface area (Å²) in [6, 6.07) is 63.1. The summed E-state index contributed by atoms with van der Waals surface area (Å²) in [6.07, 6.45) is 0. The molecule has 2 N–H and O–H groups in total. The molecule has 2 nitrogen and oxygen atoms in total. The van der Waals surface area contributed by atoms with Gasteiger partial charge in [0.2, 0.25) is 0 Å². The highest BCUT2D eigenvalue weighted by atomic mass is 79.9. The van der Waals surface area contributed by atoms with Crippen LogP contribution in [-0.4, -0.2) is 17.2 Å². The highest BCUT2D eigenvalue weighted by Crippen LogP contribution is 2.51. The molecule has 6 heteroatoms. The Morgan fingerprint density at radius 1 is 0.333 bits per heavy atom. The minimum atomic E-state index is -1.43. The molecular weight excluding hydrogens is 931 g/mol. The molecule has 0 saturated carbocycles. The van der Waals surface area contributed by atoms with Crippen molar-refractivity contribution >= 4 is 60.4 Å². The zero-order valence-corrected chi connectivity index (χ0v) is 38.7. The molecule has 0 fully saturated rings. The molecule has 0 unspecified atom stereocenters. The quantitative estimate of drug-likeness (QED) is 0.173. The molecule has 0 radical (unpaired) electrons. The topological polar surface area (TPSA) is 40.5 Å². The lowest BCUT2D eigenvalue weighted by atomic mass is 9.75. The van der Waals surface area contributed by atoms with Gasteiger partial charge in [-0.1, -0.05) is 215 Å². The maximum absolute atomic E-state index is 9.22. The summed E-state index contributed by atoms with van der Waals surface area (Å²) >= 11 is 10.8. The molecule has 60 heavy (non-hydrogen) atoms. The molecular formula is C54H44BBr3O2. The van der Waals surface area contributed by atoms with Crippen LogP contribution in [0.15, 0.2) is 195 Å². The Balaban J connectivity index is 0.000000134. The zero-order chi connectivity index (χ0) is 42.2. The van der Waals surface area contributed by atoms with Crippen molar-refractivity contribution in [3.8, 4) is 55.6 Å². The molecule has 0 heterocycles. The van der Waals surface area contributed by atoms with Crippen LogP contribution in [0, 0.1) is 0 Å². The Labute approximate surface area is 379 Å². The van der Waals surface area contributed by atoms with Crippen molar-refractivity contribution in [3.05, 3.63) is 218 Å². The molecule has 0 saturated heterocycles. The molecule has 8 aromatic rings. The van der Waals surface area contributed by atoms with Gasteiger partial charge in [0.25, 0.3) is 0 Å². The van der Waals surface area contributed by atoms with Gasteiger partial charge in [-0.3, -0.25) is 0 Å². The number of hydrogen-bond acceptors (Lipinski definition) is 2. The highest BCUT2D eigenvalue weighted by molar-refractivity contribution is 9.11. The van der Waals surface area contributed by atoms with Gasteiger partial charge in [0.05, 0.1) is 0 Å². The first-order chi connectivity index (χ1) is 28.8. The fourth-order valence-electron chi connectivity index (χ4n) is 8.81. The summed E-state index contributed by atoms with van der Waals surface area (Å²) < 4.78 is 3.41. The van der Waals surface area contributed by atoms with Crippen LogP contribution in [0.5, 0.6) is 0 Å². The summed E-state index contributed by atoms with van der Waals surface area (Å²) in [7, 11) is -1.43. The van der Waals surface area contributed by atoms with Gasteiger partial charge < -0.3 is 10.0 Å². The van der Waals surface area contributed by atoms with Crippen molar-refractivity contribution in [1.82, 2.24) is 0 Å². The number of hydrogen-bond donors (Lipinski definition) is 2. The SMILES string of the molecule is CC1(C)c2ccc(Br)cc2-c2cc(Br)ccc21.CC1(C)c2ccc(Br)cc2-c2ccc(-c3ccccc3-c3ccccc3)cc21.OB(O)c1ccccc1-c1ccccc1. The van der Waals surface area contributed by atoms with E-state index in [2.05, 4.69) is 203 Å². The van der Waals surface area contributed by atoms with Crippen molar-refractivity contribution in [3.63, 3.8) is 0 Å². The Kier molecular flexibility index (Phi) is 12.1. The molecule has 0 aromatic heterocycles. The largest absolute Gasteiger partial charge is 0.489 e. The van der Waals surface area contributed by atoms with Crippen LogP contribution in [0.1, 0.15) is 49.9 Å². The Morgan fingerprint density at radius 3 is 1.20 bits per heavy atom. The minimum Gasteiger partial charge on any atom is -0.423 e. The minimum absolute atomic E-state index is 0.00304. The third-order valence-corrected chi connectivity index (χ3v) is 13.4. The molecule has 296 valence electrons. The second-order valence-corrected chi connectivity index (χ2v) is 19.1. The first kappa shape index (κ1) is 41.9. The summed E-state index contributed by atoms with van der Waals surface area (Å²) in [5, 5.41) is 18.4. The van der Waals surface area contributed by atoms with Crippen LogP contribution in [0.25, 0.3) is 55.6 Å². The normalized spacial score (nSPS) is 13.3. The van der Waals surface area contributed by atoms with Crippen LogP contribution in [0.3, 0.4) is 0 Å². The number of halogens is 3. The van der Waals surface area contributed by atoms with Crippen molar-refractivity contribution in [2.75, 3.05) is 0 Å². The molecule has 8 aromatic carbocycles. The summed E-state index contributed by atoms with van der Waals surface area (Å²) in [5.41, 5.74) is 18.6. The molecule has 0 atom stereocenters. The average molecular weight is 975 g/mol. The average Bonchev–Trinajstić information content (AvgIpc) is 3.62. The molecule has 0 amide bonds. The van der Waals surface area contributed by atoms with E-state index in [-0.39, 0.29) is 10.8 Å². The van der Waals surface area contributed by atoms with E-state index in [0.717, 1.165) is 24.5 Å². The van der Waals surface area contributed by atoms with Gasteiger partial charge in [-0.25, -0.2) is 0 Å². The van der Waals surface area contributed by atoms with Crippen molar-refractivity contribution in [2.24, 2.45) is 0 Å². The van der Waals surface area contributed by atoms with E-state index >= 15 is 0 Å². The van der Waals surface area contributed by atoms with Crippen LogP contribution in [-0.2, 0) is 10.8 Å². The lowest BCUT2D eigenvalue weighted by Crippen LogP contribution is -2.31. The first-order valence-corrected chi connectivity index (χ1v) is 22.4. The standard InChI is InChI=1S/C27H21Br.C15H12Br2.C12H11BO2/c1-27(2)25-15-13-20(28)17-24(25)23-14-12-19(16-26(23)27)22-11-7-6-10-21(22)18-8-4-3-5-9-18;1-15(2)13-5-3-9(16)7-11(13)12-8-10(17)4-6-14(12)15;14-13(15)12-9-5-4-8-11(12)10-6-2-1-3-7-10/h3-17H,1-2H3;3-8H,1-2H3;1-9,14-15H. The van der Waals surface area contributed by atoms with E-state index in [1.165, 1.54) is 66.8 Å². The number of fused-ring (bicyclic) bond motifs is 6. The summed E-state index contributed by atoms with van der Waals surface area (Å²) in [5.74, 6) is 0. The van der Waals surface area contributed by atoms with Crippen LogP contribution >= 0.6 is 47.8 Å². The smallest absolute Gasteiger partial charge is 0.423 e. The third kappa shape index (κ3) is 8.17. The van der Waals surface area contributed by atoms with E-state index in [4.69, 9.17) is 0 Å². The fourth-order valence-corrected chi connectivity index (χ4v) is 9.90. The molecule has 10 rings (SSSR count). The van der Waals surface area contributed by atoms with Crippen LogP contribution < -0.4 is 5.46 Å². The highest BCUT2D eigenvalue weighted by Gasteiger charge is 2.36. The van der Waals surface area contributed by atoms with Crippen LogP contribution in [0.4, 0.5) is 0 Å². The van der Waals surface area contributed by atoms with Crippen LogP contribution in [0.2, 0.25) is 0 Å². The molecule has 2 aliphatic rings. The first-order valence-electron chi connectivity index (χ1n) is 20.1. The van der Waals surface area contributed by atoms with Gasteiger partial charge in [0, 0.05) is 24.2 Å².